The first-order valence-corrected chi connectivity index (χ1v) is 6.10. The van der Waals surface area contributed by atoms with Crippen LogP contribution in [-0.4, -0.2) is 28.7 Å². The van der Waals surface area contributed by atoms with Crippen LogP contribution >= 0.6 is 15.9 Å². The molecule has 2 rings (SSSR count). The van der Waals surface area contributed by atoms with Crippen LogP contribution in [0.15, 0.2) is 22.7 Å². The average Bonchev–Trinajstić information content (AvgIpc) is 2.58. The van der Waals surface area contributed by atoms with Gasteiger partial charge in [-0.3, -0.25) is 10.1 Å². The number of nitro benzene ring substituents is 1. The second-order valence-corrected chi connectivity index (χ2v) is 5.47. The molecule has 1 saturated heterocycles. The van der Waals surface area contributed by atoms with E-state index in [4.69, 9.17) is 0 Å². The highest BCUT2D eigenvalue weighted by Crippen LogP contribution is 2.35. The zero-order chi connectivity index (χ0) is 12.6. The highest BCUT2D eigenvalue weighted by atomic mass is 79.9. The quantitative estimate of drug-likeness (QED) is 0.672. The minimum absolute atomic E-state index is 0.0749. The Kier molecular flexibility index (Phi) is 3.09. The van der Waals surface area contributed by atoms with Gasteiger partial charge in [-0.25, -0.2) is 0 Å². The lowest BCUT2D eigenvalue weighted by Crippen LogP contribution is -2.29. The summed E-state index contributed by atoms with van der Waals surface area (Å²) in [6.45, 7) is 2.80. The summed E-state index contributed by atoms with van der Waals surface area (Å²) in [6.07, 6.45) is 0.622. The van der Waals surface area contributed by atoms with Crippen molar-refractivity contribution in [2.75, 3.05) is 18.0 Å². The van der Waals surface area contributed by atoms with Crippen molar-refractivity contribution in [3.05, 3.63) is 32.8 Å². The minimum atomic E-state index is -0.768. The SMILES string of the molecule is CC1(O)CCN(c2cc(Br)ccc2[N+](=O)[O-])C1. The third-order valence-corrected chi connectivity index (χ3v) is 3.42. The molecule has 0 saturated carbocycles. The van der Waals surface area contributed by atoms with E-state index in [9.17, 15) is 15.2 Å². The van der Waals surface area contributed by atoms with Crippen molar-refractivity contribution in [1.82, 2.24) is 0 Å². The van der Waals surface area contributed by atoms with Gasteiger partial charge in [0.2, 0.25) is 0 Å². The zero-order valence-electron chi connectivity index (χ0n) is 9.39. The molecule has 0 aromatic heterocycles. The van der Waals surface area contributed by atoms with E-state index in [1.807, 2.05) is 4.90 Å². The number of β-amino-alcohol motifs (C(OH)–C–C–N with tert-alkyl or cyclic N) is 1. The maximum Gasteiger partial charge on any atom is 0.292 e. The van der Waals surface area contributed by atoms with Crippen LogP contribution in [0, 0.1) is 10.1 Å². The average molecular weight is 301 g/mol. The third kappa shape index (κ3) is 2.58. The molecule has 1 aliphatic heterocycles. The van der Waals surface area contributed by atoms with Crippen LogP contribution < -0.4 is 4.90 Å². The van der Waals surface area contributed by atoms with Crippen LogP contribution in [-0.2, 0) is 0 Å². The van der Waals surface area contributed by atoms with Crippen LogP contribution in [0.25, 0.3) is 0 Å². The predicted octanol–water partition coefficient (Wildman–Crippen LogP) is 2.32. The Labute approximate surface area is 107 Å². The van der Waals surface area contributed by atoms with E-state index in [-0.39, 0.29) is 5.69 Å². The Bertz CT molecular complexity index is 462. The van der Waals surface area contributed by atoms with Gasteiger partial charge in [-0.1, -0.05) is 15.9 Å². The predicted molar refractivity (Wildman–Crippen MR) is 68.3 cm³/mol. The number of benzene rings is 1. The van der Waals surface area contributed by atoms with Crippen molar-refractivity contribution >= 4 is 27.3 Å². The summed E-state index contributed by atoms with van der Waals surface area (Å²) in [5.74, 6) is 0. The first-order chi connectivity index (χ1) is 7.89. The number of nitro groups is 1. The maximum atomic E-state index is 11.0. The van der Waals surface area contributed by atoms with Crippen LogP contribution in [0.2, 0.25) is 0 Å². The lowest BCUT2D eigenvalue weighted by atomic mass is 10.1. The van der Waals surface area contributed by atoms with Gasteiger partial charge in [-0.15, -0.1) is 0 Å². The normalized spacial score (nSPS) is 24.1. The largest absolute Gasteiger partial charge is 0.388 e. The Morgan fingerprint density at radius 1 is 1.59 bits per heavy atom. The molecule has 0 radical (unpaired) electrons. The van der Waals surface area contributed by atoms with E-state index in [1.165, 1.54) is 6.07 Å². The van der Waals surface area contributed by atoms with Gasteiger partial charge in [0.05, 0.1) is 10.5 Å². The topological polar surface area (TPSA) is 66.6 Å². The summed E-state index contributed by atoms with van der Waals surface area (Å²) in [6, 6.07) is 4.85. The number of anilines is 1. The number of halogens is 1. The fraction of sp³-hybridized carbons (Fsp3) is 0.455. The van der Waals surface area contributed by atoms with Crippen molar-refractivity contribution in [1.29, 1.82) is 0 Å². The van der Waals surface area contributed by atoms with Crippen molar-refractivity contribution < 1.29 is 10.0 Å². The molecule has 1 heterocycles. The van der Waals surface area contributed by atoms with Gasteiger partial charge in [-0.2, -0.15) is 0 Å². The van der Waals surface area contributed by atoms with E-state index >= 15 is 0 Å². The maximum absolute atomic E-state index is 11.0. The second-order valence-electron chi connectivity index (χ2n) is 4.56. The Morgan fingerprint density at radius 2 is 2.29 bits per heavy atom. The molecular formula is C11H13BrN2O3. The lowest BCUT2D eigenvalue weighted by Gasteiger charge is -2.20. The van der Waals surface area contributed by atoms with E-state index in [1.54, 1.807) is 19.1 Å². The molecule has 6 heteroatoms. The molecule has 1 aromatic carbocycles. The number of hydrogen-bond acceptors (Lipinski definition) is 4. The van der Waals surface area contributed by atoms with Gasteiger partial charge in [0.15, 0.2) is 0 Å². The number of nitrogens with zero attached hydrogens (tertiary/aromatic N) is 2. The molecule has 5 nitrogen and oxygen atoms in total. The molecule has 1 fully saturated rings. The van der Waals surface area contributed by atoms with E-state index in [0.29, 0.717) is 25.2 Å². The summed E-state index contributed by atoms with van der Waals surface area (Å²) in [5, 5.41) is 20.9. The van der Waals surface area contributed by atoms with Crippen molar-refractivity contribution in [3.8, 4) is 0 Å². The molecule has 0 bridgehead atoms. The van der Waals surface area contributed by atoms with Crippen molar-refractivity contribution in [2.24, 2.45) is 0 Å². The van der Waals surface area contributed by atoms with Gasteiger partial charge in [-0.05, 0) is 25.5 Å². The molecule has 1 aliphatic rings. The summed E-state index contributed by atoms with van der Waals surface area (Å²) in [7, 11) is 0. The summed E-state index contributed by atoms with van der Waals surface area (Å²) in [4.78, 5) is 12.4. The highest BCUT2D eigenvalue weighted by Gasteiger charge is 2.34. The van der Waals surface area contributed by atoms with Gasteiger partial charge < -0.3 is 10.0 Å². The molecule has 1 unspecified atom stereocenters. The third-order valence-electron chi connectivity index (χ3n) is 2.93. The minimum Gasteiger partial charge on any atom is -0.388 e. The molecule has 1 aromatic rings. The van der Waals surface area contributed by atoms with Crippen LogP contribution in [0.3, 0.4) is 0 Å². The molecule has 92 valence electrons. The monoisotopic (exact) mass is 300 g/mol. The molecule has 0 spiro atoms. The fourth-order valence-corrected chi connectivity index (χ4v) is 2.40. The van der Waals surface area contributed by atoms with Crippen LogP contribution in [0.4, 0.5) is 11.4 Å². The first-order valence-electron chi connectivity index (χ1n) is 5.30. The molecule has 0 amide bonds. The Hall–Kier alpha value is -1.14. The zero-order valence-corrected chi connectivity index (χ0v) is 11.0. The van der Waals surface area contributed by atoms with Crippen molar-refractivity contribution in [3.63, 3.8) is 0 Å². The lowest BCUT2D eigenvalue weighted by molar-refractivity contribution is -0.384. The number of aliphatic hydroxyl groups is 1. The van der Waals surface area contributed by atoms with E-state index < -0.39 is 10.5 Å². The van der Waals surface area contributed by atoms with Gasteiger partial charge >= 0.3 is 0 Å². The van der Waals surface area contributed by atoms with E-state index in [2.05, 4.69) is 15.9 Å². The fourth-order valence-electron chi connectivity index (χ4n) is 2.05. The standard InChI is InChI=1S/C11H13BrN2O3/c1-11(15)4-5-13(7-11)10-6-8(12)2-3-9(10)14(16)17/h2-3,6,15H,4-5,7H2,1H3. The molecule has 1 N–H and O–H groups in total. The van der Waals surface area contributed by atoms with Gasteiger partial charge in [0.1, 0.15) is 5.69 Å². The Balaban J connectivity index is 2.38. The number of hydrogen-bond donors (Lipinski definition) is 1. The highest BCUT2D eigenvalue weighted by molar-refractivity contribution is 9.10. The van der Waals surface area contributed by atoms with E-state index in [0.717, 1.165) is 4.47 Å². The summed E-state index contributed by atoms with van der Waals surface area (Å²) < 4.78 is 0.796. The van der Waals surface area contributed by atoms with Gasteiger partial charge in [0.25, 0.3) is 5.69 Å². The smallest absolute Gasteiger partial charge is 0.292 e. The van der Waals surface area contributed by atoms with Crippen LogP contribution in [0.5, 0.6) is 0 Å². The van der Waals surface area contributed by atoms with Crippen LogP contribution in [0.1, 0.15) is 13.3 Å². The number of rotatable bonds is 2. The summed E-state index contributed by atoms with van der Waals surface area (Å²) >= 11 is 3.31. The molecule has 1 atom stereocenters. The second kappa shape index (κ2) is 4.27. The first kappa shape index (κ1) is 12.3. The molecule has 17 heavy (non-hydrogen) atoms. The molecule has 0 aliphatic carbocycles. The summed E-state index contributed by atoms with van der Waals surface area (Å²) in [5.41, 5.74) is -0.135. The Morgan fingerprint density at radius 3 is 2.82 bits per heavy atom. The molecular weight excluding hydrogens is 288 g/mol. The van der Waals surface area contributed by atoms with Gasteiger partial charge in [0, 0.05) is 23.6 Å². The van der Waals surface area contributed by atoms with Crippen molar-refractivity contribution in [2.45, 2.75) is 18.9 Å².